The summed E-state index contributed by atoms with van der Waals surface area (Å²) >= 11 is 3.28. The van der Waals surface area contributed by atoms with Crippen LogP contribution in [0.3, 0.4) is 0 Å². The minimum atomic E-state index is -0.594. The number of halogens is 1. The van der Waals surface area contributed by atoms with Crippen LogP contribution < -0.4 is 10.6 Å². The van der Waals surface area contributed by atoms with Crippen molar-refractivity contribution in [2.24, 2.45) is 0 Å². The van der Waals surface area contributed by atoms with Crippen molar-refractivity contribution in [2.75, 3.05) is 10.6 Å². The van der Waals surface area contributed by atoms with E-state index in [0.29, 0.717) is 15.8 Å². The number of hydrogen-bond acceptors (Lipinski definition) is 4. The van der Waals surface area contributed by atoms with Crippen molar-refractivity contribution >= 4 is 39.3 Å². The first kappa shape index (κ1) is 17.0. The highest BCUT2D eigenvalue weighted by molar-refractivity contribution is 9.10. The second kappa shape index (κ2) is 7.09. The average Bonchev–Trinajstić information content (AvgIpc) is 2.31. The molecule has 0 saturated carbocycles. The second-order valence-electron chi connectivity index (χ2n) is 5.20. The molecule has 0 aliphatic heterocycles. The van der Waals surface area contributed by atoms with Crippen LogP contribution in [0.2, 0.25) is 0 Å². The molecule has 0 saturated heterocycles. The second-order valence-corrected chi connectivity index (χ2v) is 6.06. The molecule has 0 aromatic heterocycles. The van der Waals surface area contributed by atoms with Gasteiger partial charge in [-0.2, -0.15) is 5.26 Å². The minimum Gasteiger partial charge on any atom is -0.444 e. The van der Waals surface area contributed by atoms with Crippen molar-refractivity contribution < 1.29 is 14.3 Å². The SMILES string of the molecule is CC(C)(C)OC(=O)Nc1ccc(Br)c(NC(=O)CC#N)c1. The van der Waals surface area contributed by atoms with E-state index in [2.05, 4.69) is 26.6 Å². The van der Waals surface area contributed by atoms with Crippen LogP contribution in [0.25, 0.3) is 0 Å². The first-order chi connectivity index (χ1) is 9.71. The molecule has 7 heteroatoms. The van der Waals surface area contributed by atoms with Gasteiger partial charge in [0.05, 0.1) is 11.8 Å². The van der Waals surface area contributed by atoms with E-state index in [-0.39, 0.29) is 6.42 Å². The number of ether oxygens (including phenoxy) is 1. The van der Waals surface area contributed by atoms with E-state index in [1.807, 2.05) is 0 Å². The normalized spacial score (nSPS) is 10.4. The molecule has 0 bridgehead atoms. The lowest BCUT2D eigenvalue weighted by Crippen LogP contribution is -2.27. The van der Waals surface area contributed by atoms with Crippen molar-refractivity contribution in [1.29, 1.82) is 5.26 Å². The molecule has 6 nitrogen and oxygen atoms in total. The Kier molecular flexibility index (Phi) is 5.73. The van der Waals surface area contributed by atoms with E-state index in [1.165, 1.54) is 0 Å². The zero-order valence-electron chi connectivity index (χ0n) is 12.0. The first-order valence-electron chi connectivity index (χ1n) is 6.17. The van der Waals surface area contributed by atoms with Crippen LogP contribution >= 0.6 is 15.9 Å². The zero-order chi connectivity index (χ0) is 16.0. The molecule has 0 unspecified atom stereocenters. The van der Waals surface area contributed by atoms with Crippen molar-refractivity contribution in [3.05, 3.63) is 22.7 Å². The summed E-state index contributed by atoms with van der Waals surface area (Å²) in [5.74, 6) is -0.424. The third-order valence-corrected chi connectivity index (χ3v) is 2.82. The van der Waals surface area contributed by atoms with Gasteiger partial charge in [0, 0.05) is 10.2 Å². The summed E-state index contributed by atoms with van der Waals surface area (Å²) in [5, 5.41) is 13.6. The lowest BCUT2D eigenvalue weighted by molar-refractivity contribution is -0.115. The summed E-state index contributed by atoms with van der Waals surface area (Å²) in [7, 11) is 0. The Labute approximate surface area is 131 Å². The molecule has 0 spiro atoms. The summed E-state index contributed by atoms with van der Waals surface area (Å²) in [6, 6.07) is 6.67. The maximum atomic E-state index is 11.7. The van der Waals surface area contributed by atoms with E-state index in [4.69, 9.17) is 10.00 Å². The molecule has 2 N–H and O–H groups in total. The van der Waals surface area contributed by atoms with Crippen molar-refractivity contribution in [1.82, 2.24) is 0 Å². The van der Waals surface area contributed by atoms with Gasteiger partial charge < -0.3 is 10.1 Å². The quantitative estimate of drug-likeness (QED) is 0.867. The van der Waals surface area contributed by atoms with Crippen LogP contribution in [0.4, 0.5) is 16.2 Å². The zero-order valence-corrected chi connectivity index (χ0v) is 13.6. The summed E-state index contributed by atoms with van der Waals surface area (Å²) < 4.78 is 5.78. The number of carbonyl (C=O) groups is 2. The number of nitrogens with one attached hydrogen (secondary N) is 2. The van der Waals surface area contributed by atoms with Crippen LogP contribution in [0, 0.1) is 11.3 Å². The van der Waals surface area contributed by atoms with Crippen molar-refractivity contribution in [2.45, 2.75) is 32.8 Å². The monoisotopic (exact) mass is 353 g/mol. The maximum absolute atomic E-state index is 11.7. The molecular weight excluding hydrogens is 338 g/mol. The molecule has 0 fully saturated rings. The molecule has 21 heavy (non-hydrogen) atoms. The maximum Gasteiger partial charge on any atom is 0.412 e. The number of hydrogen-bond donors (Lipinski definition) is 2. The predicted octanol–water partition coefficient (Wildman–Crippen LogP) is 3.65. The highest BCUT2D eigenvalue weighted by Crippen LogP contribution is 2.26. The Morgan fingerprint density at radius 1 is 1.33 bits per heavy atom. The number of nitrogens with zero attached hydrogens (tertiary/aromatic N) is 1. The van der Waals surface area contributed by atoms with Crippen LogP contribution in [-0.2, 0) is 9.53 Å². The van der Waals surface area contributed by atoms with Crippen LogP contribution in [0.15, 0.2) is 22.7 Å². The third kappa shape index (κ3) is 6.27. The molecule has 0 radical (unpaired) electrons. The summed E-state index contributed by atoms with van der Waals surface area (Å²) in [6.07, 6.45) is -0.824. The topological polar surface area (TPSA) is 91.2 Å². The number of nitriles is 1. The van der Waals surface area contributed by atoms with E-state index >= 15 is 0 Å². The third-order valence-electron chi connectivity index (χ3n) is 2.13. The molecule has 0 heterocycles. The first-order valence-corrected chi connectivity index (χ1v) is 6.97. The van der Waals surface area contributed by atoms with Crippen molar-refractivity contribution in [3.63, 3.8) is 0 Å². The van der Waals surface area contributed by atoms with E-state index in [1.54, 1.807) is 45.0 Å². The lowest BCUT2D eigenvalue weighted by atomic mass is 10.2. The fourth-order valence-electron chi connectivity index (χ4n) is 1.39. The van der Waals surface area contributed by atoms with Crippen LogP contribution in [-0.4, -0.2) is 17.6 Å². The van der Waals surface area contributed by atoms with Gasteiger partial charge in [-0.25, -0.2) is 4.79 Å². The fraction of sp³-hybridized carbons (Fsp3) is 0.357. The highest BCUT2D eigenvalue weighted by atomic mass is 79.9. The number of rotatable bonds is 3. The molecule has 1 aromatic carbocycles. The number of carbonyl (C=O) groups excluding carboxylic acids is 2. The number of anilines is 2. The fourth-order valence-corrected chi connectivity index (χ4v) is 1.73. The van der Waals surface area contributed by atoms with E-state index < -0.39 is 17.6 Å². The highest BCUT2D eigenvalue weighted by Gasteiger charge is 2.16. The molecule has 0 atom stereocenters. The molecular formula is C14H16BrN3O3. The Morgan fingerprint density at radius 3 is 2.57 bits per heavy atom. The van der Waals surface area contributed by atoms with Gasteiger partial charge in [0.1, 0.15) is 12.0 Å². The Morgan fingerprint density at radius 2 is 2.00 bits per heavy atom. The van der Waals surface area contributed by atoms with Crippen LogP contribution in [0.5, 0.6) is 0 Å². The summed E-state index contributed by atoms with van der Waals surface area (Å²) in [5.41, 5.74) is 0.340. The Balaban J connectivity index is 2.80. The lowest BCUT2D eigenvalue weighted by Gasteiger charge is -2.20. The summed E-state index contributed by atoms with van der Waals surface area (Å²) in [4.78, 5) is 23.1. The molecule has 2 amide bonds. The van der Waals surface area contributed by atoms with Gasteiger partial charge in [-0.05, 0) is 54.9 Å². The molecule has 0 aliphatic rings. The summed E-state index contributed by atoms with van der Waals surface area (Å²) in [6.45, 7) is 5.30. The Hall–Kier alpha value is -2.07. The van der Waals surface area contributed by atoms with E-state index in [0.717, 1.165) is 0 Å². The molecule has 0 aliphatic carbocycles. The number of benzene rings is 1. The standard InChI is InChI=1S/C14H16BrN3O3/c1-14(2,3)21-13(20)17-9-4-5-10(15)11(8-9)18-12(19)6-7-16/h4-5,8H,6H2,1-3H3,(H,17,20)(H,18,19). The van der Waals surface area contributed by atoms with Gasteiger partial charge in [0.2, 0.25) is 5.91 Å². The average molecular weight is 354 g/mol. The predicted molar refractivity (Wildman–Crippen MR) is 82.9 cm³/mol. The van der Waals surface area contributed by atoms with Gasteiger partial charge in [-0.3, -0.25) is 10.1 Å². The van der Waals surface area contributed by atoms with Gasteiger partial charge in [0.25, 0.3) is 0 Å². The minimum absolute atomic E-state index is 0.240. The molecule has 112 valence electrons. The largest absolute Gasteiger partial charge is 0.444 e. The van der Waals surface area contributed by atoms with Crippen LogP contribution in [0.1, 0.15) is 27.2 Å². The van der Waals surface area contributed by atoms with Gasteiger partial charge >= 0.3 is 6.09 Å². The van der Waals surface area contributed by atoms with E-state index in [9.17, 15) is 9.59 Å². The molecule has 1 rings (SSSR count). The molecule has 1 aromatic rings. The Bertz CT molecular complexity index is 588. The number of amides is 2. The van der Waals surface area contributed by atoms with Gasteiger partial charge in [-0.1, -0.05) is 0 Å². The van der Waals surface area contributed by atoms with Crippen molar-refractivity contribution in [3.8, 4) is 6.07 Å². The smallest absolute Gasteiger partial charge is 0.412 e. The van der Waals surface area contributed by atoms with Gasteiger partial charge in [-0.15, -0.1) is 0 Å². The van der Waals surface area contributed by atoms with Gasteiger partial charge in [0.15, 0.2) is 0 Å².